The van der Waals surface area contributed by atoms with E-state index in [1.165, 1.54) is 4.90 Å². The summed E-state index contributed by atoms with van der Waals surface area (Å²) in [5.41, 5.74) is 1.98. The molecule has 0 radical (unpaired) electrons. The normalized spacial score (nSPS) is 13.2. The van der Waals surface area contributed by atoms with Gasteiger partial charge >= 0.3 is 6.09 Å². The zero-order valence-corrected chi connectivity index (χ0v) is 18.8. The van der Waals surface area contributed by atoms with Crippen LogP contribution in [0.2, 0.25) is 0 Å². The Hall–Kier alpha value is -3.42. The second-order valence-electron chi connectivity index (χ2n) is 8.38. The molecule has 2 atom stereocenters. The highest BCUT2D eigenvalue weighted by molar-refractivity contribution is 5.96. The Labute approximate surface area is 183 Å². The molecule has 0 saturated heterocycles. The van der Waals surface area contributed by atoms with Crippen LogP contribution in [-0.4, -0.2) is 42.3 Å². The fourth-order valence-electron chi connectivity index (χ4n) is 3.41. The molecule has 2 N–H and O–H groups in total. The van der Waals surface area contributed by atoms with Gasteiger partial charge < -0.3 is 10.4 Å². The molecule has 0 aliphatic rings. The quantitative estimate of drug-likeness (QED) is 0.600. The number of pyridine rings is 1. The highest BCUT2D eigenvalue weighted by Gasteiger charge is 2.34. The summed E-state index contributed by atoms with van der Waals surface area (Å²) in [7, 11) is 1.78. The maximum Gasteiger partial charge on any atom is 0.408 e. The van der Waals surface area contributed by atoms with Crippen LogP contribution in [0.25, 0.3) is 11.3 Å². The second-order valence-corrected chi connectivity index (χ2v) is 8.38. The van der Waals surface area contributed by atoms with Gasteiger partial charge in [0.05, 0.1) is 35.2 Å². The number of carbonyl (C=O) groups excluding carboxylic acids is 1. The van der Waals surface area contributed by atoms with Crippen LogP contribution < -0.4 is 5.32 Å². The van der Waals surface area contributed by atoms with Gasteiger partial charge in [-0.15, -0.1) is 13.2 Å². The molecule has 0 spiro atoms. The summed E-state index contributed by atoms with van der Waals surface area (Å²) in [6.07, 6.45) is 5.86. The molecule has 0 bridgehead atoms. The third-order valence-electron chi connectivity index (χ3n) is 4.99. The van der Waals surface area contributed by atoms with Crippen LogP contribution in [0.1, 0.15) is 45.9 Å². The SMILES string of the molecule is C=CC[C@@H](c1cc(-c2c(NC(=O)[C@H](C)C=C)cnn2C)ccn1)N(C(=O)O)C(C)(C)C. The summed E-state index contributed by atoms with van der Waals surface area (Å²) < 4.78 is 1.66. The summed E-state index contributed by atoms with van der Waals surface area (Å²) in [6.45, 7) is 14.7. The smallest absolute Gasteiger partial charge is 0.408 e. The molecule has 2 heterocycles. The summed E-state index contributed by atoms with van der Waals surface area (Å²) >= 11 is 0. The molecule has 0 unspecified atom stereocenters. The van der Waals surface area contributed by atoms with Gasteiger partial charge in [0, 0.05) is 24.3 Å². The van der Waals surface area contributed by atoms with Crippen LogP contribution in [-0.2, 0) is 11.8 Å². The molecule has 0 fully saturated rings. The maximum atomic E-state index is 12.4. The number of carbonyl (C=O) groups is 2. The Bertz CT molecular complexity index is 974. The van der Waals surface area contributed by atoms with Crippen LogP contribution in [0.5, 0.6) is 0 Å². The van der Waals surface area contributed by atoms with E-state index >= 15 is 0 Å². The predicted octanol–water partition coefficient (Wildman–Crippen LogP) is 4.64. The van der Waals surface area contributed by atoms with Crippen LogP contribution in [0.3, 0.4) is 0 Å². The Morgan fingerprint density at radius 2 is 2.03 bits per heavy atom. The number of hydrogen-bond donors (Lipinski definition) is 2. The van der Waals surface area contributed by atoms with E-state index < -0.39 is 17.7 Å². The summed E-state index contributed by atoms with van der Waals surface area (Å²) in [5.74, 6) is -0.540. The van der Waals surface area contributed by atoms with Crippen molar-refractivity contribution in [2.24, 2.45) is 13.0 Å². The van der Waals surface area contributed by atoms with Crippen LogP contribution in [0, 0.1) is 5.92 Å². The number of nitrogens with one attached hydrogen (secondary N) is 1. The second kappa shape index (κ2) is 9.59. The number of amides is 2. The molecule has 0 aliphatic carbocycles. The lowest BCUT2D eigenvalue weighted by Gasteiger charge is -2.39. The molecule has 166 valence electrons. The van der Waals surface area contributed by atoms with E-state index in [1.54, 1.807) is 49.3 Å². The lowest BCUT2D eigenvalue weighted by atomic mass is 9.98. The summed E-state index contributed by atoms with van der Waals surface area (Å²) in [4.78, 5) is 30.3. The van der Waals surface area contributed by atoms with E-state index in [0.29, 0.717) is 23.5 Å². The van der Waals surface area contributed by atoms with Crippen molar-refractivity contribution < 1.29 is 14.7 Å². The van der Waals surface area contributed by atoms with Crippen molar-refractivity contribution in [3.8, 4) is 11.3 Å². The number of anilines is 1. The maximum absolute atomic E-state index is 12.4. The minimum atomic E-state index is -1.03. The molecule has 2 rings (SSSR count). The average Bonchev–Trinajstić information content (AvgIpc) is 3.05. The van der Waals surface area contributed by atoms with Crippen molar-refractivity contribution in [2.75, 3.05) is 5.32 Å². The molecule has 2 aromatic rings. The zero-order chi connectivity index (χ0) is 23.3. The van der Waals surface area contributed by atoms with Crippen LogP contribution >= 0.6 is 0 Å². The summed E-state index contributed by atoms with van der Waals surface area (Å²) in [6, 6.07) is 3.13. The van der Waals surface area contributed by atoms with Crippen molar-refractivity contribution in [3.63, 3.8) is 0 Å². The Morgan fingerprint density at radius 3 is 2.58 bits per heavy atom. The minimum absolute atomic E-state index is 0.187. The molecule has 2 amide bonds. The molecule has 31 heavy (non-hydrogen) atoms. The molecular weight excluding hydrogens is 394 g/mol. The fraction of sp³-hybridized carbons (Fsp3) is 0.391. The molecule has 0 saturated carbocycles. The first-order valence-corrected chi connectivity index (χ1v) is 10.1. The third kappa shape index (κ3) is 5.39. The fourth-order valence-corrected chi connectivity index (χ4v) is 3.41. The number of rotatable bonds is 8. The van der Waals surface area contributed by atoms with Gasteiger partial charge in [-0.05, 0) is 39.3 Å². The first kappa shape index (κ1) is 23.9. The van der Waals surface area contributed by atoms with Crippen molar-refractivity contribution >= 4 is 17.7 Å². The molecular formula is C23H31N5O3. The number of aromatic nitrogens is 3. The number of nitrogens with zero attached hydrogens (tertiary/aromatic N) is 4. The molecule has 8 nitrogen and oxygen atoms in total. The first-order chi connectivity index (χ1) is 14.5. The van der Waals surface area contributed by atoms with Gasteiger partial charge in [0.2, 0.25) is 5.91 Å². The van der Waals surface area contributed by atoms with Crippen molar-refractivity contribution in [1.29, 1.82) is 0 Å². The van der Waals surface area contributed by atoms with E-state index in [2.05, 4.69) is 28.6 Å². The predicted molar refractivity (Wildman–Crippen MR) is 122 cm³/mol. The average molecular weight is 426 g/mol. The van der Waals surface area contributed by atoms with Gasteiger partial charge in [-0.1, -0.05) is 19.1 Å². The van der Waals surface area contributed by atoms with Gasteiger partial charge in [0.1, 0.15) is 0 Å². The standard InChI is InChI=1S/C23H31N5O3/c1-8-10-19(28(22(30)31)23(4,5)6)17-13-16(11-12-24-17)20-18(14-25-27(20)7)26-21(29)15(3)9-2/h8-9,11-15,19H,1-2,10H2,3-7H3,(H,26,29)(H,30,31)/t15-,19+/m1/s1. The molecule has 0 aromatic carbocycles. The Balaban J connectivity index is 2.53. The third-order valence-corrected chi connectivity index (χ3v) is 4.99. The van der Waals surface area contributed by atoms with E-state index in [0.717, 1.165) is 5.56 Å². The zero-order valence-electron chi connectivity index (χ0n) is 18.8. The number of carboxylic acid groups (broad SMARTS) is 1. The largest absolute Gasteiger partial charge is 0.465 e. The van der Waals surface area contributed by atoms with Gasteiger partial charge in [0.15, 0.2) is 0 Å². The lowest BCUT2D eigenvalue weighted by molar-refractivity contribution is -0.118. The number of aryl methyl sites for hydroxylation is 1. The number of hydrogen-bond acceptors (Lipinski definition) is 4. The van der Waals surface area contributed by atoms with Gasteiger partial charge in [-0.3, -0.25) is 19.4 Å². The Morgan fingerprint density at radius 1 is 1.35 bits per heavy atom. The van der Waals surface area contributed by atoms with Gasteiger partial charge in [-0.2, -0.15) is 5.10 Å². The van der Waals surface area contributed by atoms with Crippen molar-refractivity contribution in [1.82, 2.24) is 19.7 Å². The van der Waals surface area contributed by atoms with Crippen LogP contribution in [0.4, 0.5) is 10.5 Å². The van der Waals surface area contributed by atoms with Gasteiger partial charge in [0.25, 0.3) is 0 Å². The Kier molecular flexibility index (Phi) is 7.38. The molecule has 2 aromatic heterocycles. The minimum Gasteiger partial charge on any atom is -0.465 e. The van der Waals surface area contributed by atoms with Crippen LogP contribution in [0.15, 0.2) is 49.8 Å². The van der Waals surface area contributed by atoms with E-state index in [1.807, 2.05) is 26.8 Å². The van der Waals surface area contributed by atoms with Crippen molar-refractivity contribution in [3.05, 3.63) is 55.5 Å². The summed E-state index contributed by atoms with van der Waals surface area (Å²) in [5, 5.41) is 17.0. The van der Waals surface area contributed by atoms with Gasteiger partial charge in [-0.25, -0.2) is 4.79 Å². The van der Waals surface area contributed by atoms with E-state index in [-0.39, 0.29) is 11.8 Å². The topological polar surface area (TPSA) is 100 Å². The highest BCUT2D eigenvalue weighted by Crippen LogP contribution is 2.34. The highest BCUT2D eigenvalue weighted by atomic mass is 16.4. The van der Waals surface area contributed by atoms with E-state index in [4.69, 9.17) is 0 Å². The first-order valence-electron chi connectivity index (χ1n) is 10.1. The molecule has 8 heteroatoms. The lowest BCUT2D eigenvalue weighted by Crippen LogP contribution is -2.47. The van der Waals surface area contributed by atoms with E-state index in [9.17, 15) is 14.7 Å². The molecule has 0 aliphatic heterocycles. The van der Waals surface area contributed by atoms with Crippen molar-refractivity contribution in [2.45, 2.75) is 45.7 Å². The monoisotopic (exact) mass is 425 g/mol.